The third kappa shape index (κ3) is 4.50. The summed E-state index contributed by atoms with van der Waals surface area (Å²) < 4.78 is 1.98. The molecule has 4 atom stereocenters. The van der Waals surface area contributed by atoms with Crippen LogP contribution in [-0.2, 0) is 16.1 Å². The number of hydrogen-bond acceptors (Lipinski definition) is 4. The number of nitrogens with one attached hydrogen (secondary N) is 2. The van der Waals surface area contributed by atoms with E-state index in [-0.39, 0.29) is 11.8 Å². The molecule has 3 N–H and O–H groups in total. The van der Waals surface area contributed by atoms with E-state index in [0.717, 1.165) is 11.0 Å². The van der Waals surface area contributed by atoms with Crippen LogP contribution in [0.2, 0.25) is 0 Å². The number of amides is 3. The number of nitrogens with zero attached hydrogens (tertiary/aromatic N) is 3. The van der Waals surface area contributed by atoms with Crippen LogP contribution in [-0.4, -0.2) is 51.2 Å². The lowest BCUT2D eigenvalue weighted by atomic mass is 9.95. The minimum atomic E-state index is -1.08. The molecule has 1 aliphatic rings. The smallest absolute Gasteiger partial charge is 0.326 e. The van der Waals surface area contributed by atoms with Gasteiger partial charge in [-0.25, -0.2) is 14.6 Å². The van der Waals surface area contributed by atoms with Gasteiger partial charge >= 0.3 is 12.0 Å². The molecule has 0 fully saturated rings. The predicted octanol–water partition coefficient (Wildman–Crippen LogP) is 2.60. The van der Waals surface area contributed by atoms with Gasteiger partial charge in [0.1, 0.15) is 12.1 Å². The molecule has 168 valence electrons. The number of carboxylic acids is 1. The highest BCUT2D eigenvalue weighted by Gasteiger charge is 2.35. The van der Waals surface area contributed by atoms with Gasteiger partial charge in [0.2, 0.25) is 11.9 Å². The summed E-state index contributed by atoms with van der Waals surface area (Å²) >= 11 is 0. The van der Waals surface area contributed by atoms with Crippen LogP contribution in [0.25, 0.3) is 11.0 Å². The van der Waals surface area contributed by atoms with E-state index in [1.165, 1.54) is 4.90 Å². The molecule has 9 nitrogen and oxygen atoms in total. The van der Waals surface area contributed by atoms with Crippen LogP contribution in [0.4, 0.5) is 10.7 Å². The van der Waals surface area contributed by atoms with E-state index in [9.17, 15) is 19.5 Å². The average molecular weight is 430 g/mol. The number of carbonyl (C=O) groups excluding carboxylic acids is 2. The number of rotatable bonds is 8. The van der Waals surface area contributed by atoms with Crippen molar-refractivity contribution in [2.45, 2.75) is 59.2 Å². The van der Waals surface area contributed by atoms with Crippen molar-refractivity contribution in [2.75, 3.05) is 11.4 Å². The standard InChI is InChI=1S/C22H31N5O4/c1-5-13(3)17(19(28)24-18(20(29)30)14(4)6-2)25-22(31)27-12-11-26-16-10-8-7-9-15(16)23-21(26)27/h7-10,13-14,17-18H,5-6,11-12H2,1-4H3,(H,24,28)(H,25,31)(H,29,30)/t13-,14+,17+,18+/m1/s1. The lowest BCUT2D eigenvalue weighted by Gasteiger charge is -2.28. The molecule has 1 aliphatic heterocycles. The van der Waals surface area contributed by atoms with Crippen LogP contribution < -0.4 is 15.5 Å². The van der Waals surface area contributed by atoms with Crippen molar-refractivity contribution in [3.63, 3.8) is 0 Å². The first kappa shape index (κ1) is 22.6. The van der Waals surface area contributed by atoms with Crippen molar-refractivity contribution in [1.29, 1.82) is 0 Å². The number of anilines is 1. The largest absolute Gasteiger partial charge is 0.480 e. The van der Waals surface area contributed by atoms with Crippen molar-refractivity contribution in [1.82, 2.24) is 20.2 Å². The molecule has 0 radical (unpaired) electrons. The molecule has 0 saturated heterocycles. The van der Waals surface area contributed by atoms with Crippen molar-refractivity contribution in [2.24, 2.45) is 11.8 Å². The van der Waals surface area contributed by atoms with E-state index in [1.54, 1.807) is 6.92 Å². The minimum Gasteiger partial charge on any atom is -0.480 e. The summed E-state index contributed by atoms with van der Waals surface area (Å²) in [7, 11) is 0. The van der Waals surface area contributed by atoms with Crippen LogP contribution >= 0.6 is 0 Å². The minimum absolute atomic E-state index is 0.170. The maximum Gasteiger partial charge on any atom is 0.326 e. The zero-order chi connectivity index (χ0) is 22.7. The molecule has 1 aromatic heterocycles. The molecule has 0 bridgehead atoms. The SMILES string of the molecule is CC[C@@H](C)[C@H](NC(=O)N1CCn2c1nc1ccccc12)C(=O)N[C@H](C(=O)O)[C@@H](C)CC. The molecule has 0 unspecified atom stereocenters. The maximum absolute atomic E-state index is 13.1. The number of imidazole rings is 1. The first-order valence-corrected chi connectivity index (χ1v) is 10.8. The zero-order valence-electron chi connectivity index (χ0n) is 18.5. The maximum atomic E-state index is 13.1. The predicted molar refractivity (Wildman–Crippen MR) is 118 cm³/mol. The van der Waals surface area contributed by atoms with Gasteiger partial charge in [0, 0.05) is 13.1 Å². The second-order valence-electron chi connectivity index (χ2n) is 8.23. The number of carboxylic acid groups (broad SMARTS) is 1. The summed E-state index contributed by atoms with van der Waals surface area (Å²) in [6, 6.07) is 5.43. The molecule has 3 rings (SSSR count). The van der Waals surface area contributed by atoms with Gasteiger partial charge in [0.05, 0.1) is 11.0 Å². The quantitative estimate of drug-likeness (QED) is 0.596. The summed E-state index contributed by atoms with van der Waals surface area (Å²) in [5, 5.41) is 15.0. The summed E-state index contributed by atoms with van der Waals surface area (Å²) in [5.74, 6) is -1.41. The lowest BCUT2D eigenvalue weighted by molar-refractivity contribution is -0.143. The van der Waals surface area contributed by atoms with Gasteiger partial charge in [-0.15, -0.1) is 0 Å². The molecule has 0 aliphatic carbocycles. The number of urea groups is 1. The Morgan fingerprint density at radius 3 is 2.32 bits per heavy atom. The normalized spacial score (nSPS) is 17.0. The lowest BCUT2D eigenvalue weighted by Crippen LogP contribution is -2.57. The summed E-state index contributed by atoms with van der Waals surface area (Å²) in [4.78, 5) is 43.8. The monoisotopic (exact) mass is 429 g/mol. The Hall–Kier alpha value is -3.10. The molecule has 9 heteroatoms. The Kier molecular flexibility index (Phi) is 6.82. The third-order valence-electron chi connectivity index (χ3n) is 6.22. The van der Waals surface area contributed by atoms with Crippen LogP contribution in [0, 0.1) is 11.8 Å². The Labute approximate surface area is 181 Å². The topological polar surface area (TPSA) is 117 Å². The fourth-order valence-corrected chi connectivity index (χ4v) is 3.82. The molecule has 0 saturated carbocycles. The highest BCUT2D eigenvalue weighted by Crippen LogP contribution is 2.27. The molecule has 1 aromatic carbocycles. The first-order chi connectivity index (χ1) is 14.8. The van der Waals surface area contributed by atoms with Crippen LogP contribution in [0.3, 0.4) is 0 Å². The van der Waals surface area contributed by atoms with Gasteiger partial charge in [0.25, 0.3) is 0 Å². The van der Waals surface area contributed by atoms with Crippen molar-refractivity contribution in [3.8, 4) is 0 Å². The number of carbonyl (C=O) groups is 3. The van der Waals surface area contributed by atoms with Gasteiger partial charge in [-0.3, -0.25) is 9.69 Å². The van der Waals surface area contributed by atoms with Gasteiger partial charge in [-0.2, -0.15) is 0 Å². The molecular weight excluding hydrogens is 398 g/mol. The summed E-state index contributed by atoms with van der Waals surface area (Å²) in [6.07, 6.45) is 1.26. The Bertz CT molecular complexity index is 972. The molecule has 2 aromatic rings. The highest BCUT2D eigenvalue weighted by atomic mass is 16.4. The number of fused-ring (bicyclic) bond motifs is 3. The fraction of sp³-hybridized carbons (Fsp3) is 0.545. The fourth-order valence-electron chi connectivity index (χ4n) is 3.82. The van der Waals surface area contributed by atoms with E-state index < -0.39 is 30.0 Å². The molecule has 31 heavy (non-hydrogen) atoms. The Balaban J connectivity index is 1.78. The van der Waals surface area contributed by atoms with E-state index >= 15 is 0 Å². The third-order valence-corrected chi connectivity index (χ3v) is 6.22. The van der Waals surface area contributed by atoms with Gasteiger partial charge in [-0.05, 0) is 24.0 Å². The first-order valence-electron chi connectivity index (χ1n) is 10.8. The molecular formula is C22H31N5O4. The number of hydrogen-bond donors (Lipinski definition) is 3. The number of benzene rings is 1. The number of aliphatic carboxylic acids is 1. The van der Waals surface area contributed by atoms with E-state index in [0.29, 0.717) is 31.9 Å². The number of para-hydroxylation sites is 2. The zero-order valence-corrected chi connectivity index (χ0v) is 18.5. The average Bonchev–Trinajstić information content (AvgIpc) is 3.33. The van der Waals surface area contributed by atoms with Crippen molar-refractivity contribution >= 4 is 34.9 Å². The van der Waals surface area contributed by atoms with Gasteiger partial charge in [0.15, 0.2) is 0 Å². The second-order valence-corrected chi connectivity index (χ2v) is 8.23. The highest BCUT2D eigenvalue weighted by molar-refractivity contribution is 5.97. The molecule has 2 heterocycles. The Morgan fingerprint density at radius 1 is 1.03 bits per heavy atom. The van der Waals surface area contributed by atoms with Gasteiger partial charge in [-0.1, -0.05) is 52.7 Å². The van der Waals surface area contributed by atoms with E-state index in [2.05, 4.69) is 15.6 Å². The van der Waals surface area contributed by atoms with E-state index in [1.807, 2.05) is 49.6 Å². The van der Waals surface area contributed by atoms with Crippen LogP contribution in [0.15, 0.2) is 24.3 Å². The van der Waals surface area contributed by atoms with E-state index in [4.69, 9.17) is 0 Å². The summed E-state index contributed by atoms with van der Waals surface area (Å²) in [6.45, 7) is 8.53. The molecule has 3 amide bonds. The Morgan fingerprint density at radius 2 is 1.68 bits per heavy atom. The van der Waals surface area contributed by atoms with Crippen molar-refractivity contribution in [3.05, 3.63) is 24.3 Å². The second kappa shape index (κ2) is 9.36. The van der Waals surface area contributed by atoms with Crippen molar-refractivity contribution < 1.29 is 19.5 Å². The summed E-state index contributed by atoms with van der Waals surface area (Å²) in [5.41, 5.74) is 1.77. The number of aromatic nitrogens is 2. The van der Waals surface area contributed by atoms with Crippen LogP contribution in [0.1, 0.15) is 40.5 Å². The molecule has 0 spiro atoms. The van der Waals surface area contributed by atoms with Crippen LogP contribution in [0.5, 0.6) is 0 Å². The van der Waals surface area contributed by atoms with Gasteiger partial charge < -0.3 is 20.3 Å².